The van der Waals surface area contributed by atoms with Crippen LogP contribution < -0.4 is 0 Å². The van der Waals surface area contributed by atoms with Crippen LogP contribution in [-0.2, 0) is 11.3 Å². The number of thioether (sulfide) groups is 1. The Morgan fingerprint density at radius 3 is 2.21 bits per heavy atom. The lowest BCUT2D eigenvalue weighted by molar-refractivity contribution is -0.122. The highest BCUT2D eigenvalue weighted by atomic mass is 35.5. The van der Waals surface area contributed by atoms with E-state index in [9.17, 15) is 4.79 Å². The third-order valence-electron chi connectivity index (χ3n) is 3.52. The molecule has 0 bridgehead atoms. The van der Waals surface area contributed by atoms with Gasteiger partial charge >= 0.3 is 0 Å². The summed E-state index contributed by atoms with van der Waals surface area (Å²) < 4.78 is 0. The summed E-state index contributed by atoms with van der Waals surface area (Å²) in [6.07, 6.45) is 3.68. The molecule has 2 aromatic carbocycles. The van der Waals surface area contributed by atoms with Gasteiger partial charge in [0.15, 0.2) is 5.17 Å². The molecule has 2 aromatic rings. The van der Waals surface area contributed by atoms with Crippen molar-refractivity contribution < 1.29 is 4.79 Å². The van der Waals surface area contributed by atoms with E-state index in [0.717, 1.165) is 11.1 Å². The Hall–Kier alpha value is -1.75. The molecule has 0 radical (unpaired) electrons. The average molecular weight is 377 g/mol. The molecule has 3 nitrogen and oxygen atoms in total. The number of amidine groups is 1. The number of aliphatic imine (C=N–C) groups is 1. The molecule has 122 valence electrons. The van der Waals surface area contributed by atoms with E-state index in [4.69, 9.17) is 23.2 Å². The van der Waals surface area contributed by atoms with E-state index < -0.39 is 0 Å². The molecule has 3 rings (SSSR count). The first kappa shape index (κ1) is 17.1. The molecule has 0 saturated carbocycles. The zero-order valence-electron chi connectivity index (χ0n) is 12.9. The van der Waals surface area contributed by atoms with Crippen molar-refractivity contribution >= 4 is 52.1 Å². The summed E-state index contributed by atoms with van der Waals surface area (Å²) in [6.45, 7) is 0.466. The van der Waals surface area contributed by atoms with Crippen LogP contribution in [0.15, 0.2) is 59.2 Å². The van der Waals surface area contributed by atoms with Crippen LogP contribution in [0, 0.1) is 0 Å². The Morgan fingerprint density at radius 1 is 1.04 bits per heavy atom. The van der Waals surface area contributed by atoms with E-state index in [2.05, 4.69) is 4.99 Å². The summed E-state index contributed by atoms with van der Waals surface area (Å²) in [7, 11) is 0. The second kappa shape index (κ2) is 7.43. The van der Waals surface area contributed by atoms with Crippen molar-refractivity contribution in [1.29, 1.82) is 0 Å². The Kier molecular flexibility index (Phi) is 5.29. The van der Waals surface area contributed by atoms with E-state index in [1.165, 1.54) is 11.8 Å². The van der Waals surface area contributed by atoms with E-state index in [1.54, 1.807) is 23.1 Å². The first-order valence-corrected chi connectivity index (χ1v) is 9.21. The minimum Gasteiger partial charge on any atom is -0.281 e. The first-order chi connectivity index (χ1) is 11.6. The number of halogens is 2. The average Bonchev–Trinajstić information content (AvgIpc) is 2.88. The van der Waals surface area contributed by atoms with Gasteiger partial charge in [0, 0.05) is 10.0 Å². The highest BCUT2D eigenvalue weighted by Gasteiger charge is 2.29. The van der Waals surface area contributed by atoms with Crippen molar-refractivity contribution in [2.45, 2.75) is 6.54 Å². The number of nitrogens with zero attached hydrogens (tertiary/aromatic N) is 2. The van der Waals surface area contributed by atoms with Crippen LogP contribution in [-0.4, -0.2) is 22.2 Å². The van der Waals surface area contributed by atoms with Crippen molar-refractivity contribution in [2.75, 3.05) is 6.26 Å². The van der Waals surface area contributed by atoms with Crippen LogP contribution in [0.2, 0.25) is 10.0 Å². The maximum Gasteiger partial charge on any atom is 0.278 e. The maximum atomic E-state index is 12.7. The molecule has 0 unspecified atom stereocenters. The Bertz CT molecular complexity index is 814. The molecule has 1 heterocycles. The monoisotopic (exact) mass is 376 g/mol. The number of carbonyl (C=O) groups is 1. The molecule has 1 aliphatic rings. The molecule has 24 heavy (non-hydrogen) atoms. The predicted octanol–water partition coefficient (Wildman–Crippen LogP) is 5.10. The van der Waals surface area contributed by atoms with Crippen molar-refractivity contribution in [3.63, 3.8) is 0 Å². The Balaban J connectivity index is 1.84. The van der Waals surface area contributed by atoms with Crippen molar-refractivity contribution in [3.8, 4) is 0 Å². The van der Waals surface area contributed by atoms with Crippen LogP contribution in [0.4, 0.5) is 0 Å². The Morgan fingerprint density at radius 2 is 1.62 bits per heavy atom. The number of amides is 1. The van der Waals surface area contributed by atoms with Gasteiger partial charge in [0.25, 0.3) is 5.91 Å². The van der Waals surface area contributed by atoms with Gasteiger partial charge in [0.2, 0.25) is 0 Å². The van der Waals surface area contributed by atoms with Gasteiger partial charge in [-0.3, -0.25) is 9.69 Å². The molecule has 0 fully saturated rings. The number of hydrogen-bond acceptors (Lipinski definition) is 3. The Labute approximate surface area is 155 Å². The summed E-state index contributed by atoms with van der Waals surface area (Å²) in [5.41, 5.74) is 2.32. The molecule has 1 amide bonds. The van der Waals surface area contributed by atoms with E-state index >= 15 is 0 Å². The van der Waals surface area contributed by atoms with Crippen LogP contribution in [0.3, 0.4) is 0 Å². The van der Waals surface area contributed by atoms with Gasteiger partial charge in [-0.1, -0.05) is 59.2 Å². The number of benzene rings is 2. The number of rotatable bonds is 3. The van der Waals surface area contributed by atoms with E-state index in [1.807, 2.05) is 42.7 Å². The van der Waals surface area contributed by atoms with Gasteiger partial charge in [-0.2, -0.15) is 0 Å². The smallest absolute Gasteiger partial charge is 0.278 e. The fraction of sp³-hybridized carbons (Fsp3) is 0.111. The lowest BCUT2D eigenvalue weighted by Gasteiger charge is -2.16. The van der Waals surface area contributed by atoms with Crippen molar-refractivity contribution in [2.24, 2.45) is 4.99 Å². The van der Waals surface area contributed by atoms with Gasteiger partial charge < -0.3 is 0 Å². The molecule has 0 saturated heterocycles. The van der Waals surface area contributed by atoms with Gasteiger partial charge in [-0.25, -0.2) is 4.99 Å². The van der Waals surface area contributed by atoms with E-state index in [-0.39, 0.29) is 5.91 Å². The van der Waals surface area contributed by atoms with Crippen LogP contribution >= 0.6 is 35.0 Å². The normalized spacial score (nSPS) is 16.0. The zero-order valence-corrected chi connectivity index (χ0v) is 15.2. The topological polar surface area (TPSA) is 32.7 Å². The molecule has 0 aliphatic carbocycles. The fourth-order valence-electron chi connectivity index (χ4n) is 2.31. The fourth-order valence-corrected chi connectivity index (χ4v) is 3.12. The summed E-state index contributed by atoms with van der Waals surface area (Å²) in [5.74, 6) is -0.107. The molecule has 0 atom stereocenters. The highest BCUT2D eigenvalue weighted by molar-refractivity contribution is 8.13. The predicted molar refractivity (Wildman–Crippen MR) is 102 cm³/mol. The summed E-state index contributed by atoms with van der Waals surface area (Å²) in [5, 5.41) is 2.02. The minimum atomic E-state index is -0.107. The lowest BCUT2D eigenvalue weighted by Crippen LogP contribution is -2.29. The molecular weight excluding hydrogens is 363 g/mol. The number of carbonyl (C=O) groups excluding carboxylic acids is 1. The van der Waals surface area contributed by atoms with Crippen LogP contribution in [0.25, 0.3) is 6.08 Å². The zero-order chi connectivity index (χ0) is 17.1. The molecule has 0 N–H and O–H groups in total. The van der Waals surface area contributed by atoms with Gasteiger partial charge in [-0.05, 0) is 47.7 Å². The van der Waals surface area contributed by atoms with Gasteiger partial charge in [-0.15, -0.1) is 0 Å². The quantitative estimate of drug-likeness (QED) is 0.698. The summed E-state index contributed by atoms with van der Waals surface area (Å²) >= 11 is 13.3. The molecular formula is C18H14Cl2N2OS. The van der Waals surface area contributed by atoms with Crippen molar-refractivity contribution in [1.82, 2.24) is 4.90 Å². The standard InChI is InChI=1S/C18H14Cl2N2OS/c1-24-18-21-16(10-12-2-6-14(19)7-3-12)17(23)22(18)11-13-4-8-15(20)9-5-13/h2-10H,11H2,1H3/b16-10+. The highest BCUT2D eigenvalue weighted by Crippen LogP contribution is 2.25. The van der Waals surface area contributed by atoms with Gasteiger partial charge in [0.1, 0.15) is 5.70 Å². The third-order valence-corrected chi connectivity index (χ3v) is 4.70. The largest absolute Gasteiger partial charge is 0.281 e. The lowest BCUT2D eigenvalue weighted by atomic mass is 10.2. The number of hydrogen-bond donors (Lipinski definition) is 0. The second-order valence-corrected chi connectivity index (χ2v) is 6.84. The van der Waals surface area contributed by atoms with Crippen molar-refractivity contribution in [3.05, 3.63) is 75.4 Å². The van der Waals surface area contributed by atoms with E-state index in [0.29, 0.717) is 27.5 Å². The minimum absolute atomic E-state index is 0.107. The molecule has 0 spiro atoms. The first-order valence-electron chi connectivity index (χ1n) is 7.23. The molecule has 1 aliphatic heterocycles. The van der Waals surface area contributed by atoms with Crippen LogP contribution in [0.5, 0.6) is 0 Å². The SMILES string of the molecule is CSC1=N/C(=C/c2ccc(Cl)cc2)C(=O)N1Cc1ccc(Cl)cc1. The molecule has 0 aromatic heterocycles. The third kappa shape index (κ3) is 3.83. The summed E-state index contributed by atoms with van der Waals surface area (Å²) in [4.78, 5) is 18.8. The second-order valence-electron chi connectivity index (χ2n) is 5.20. The maximum absolute atomic E-state index is 12.7. The van der Waals surface area contributed by atoms with Crippen LogP contribution in [0.1, 0.15) is 11.1 Å². The van der Waals surface area contributed by atoms with Gasteiger partial charge in [0.05, 0.1) is 6.54 Å². The summed E-state index contributed by atoms with van der Waals surface area (Å²) in [6, 6.07) is 14.8. The molecule has 6 heteroatoms.